The highest BCUT2D eigenvalue weighted by atomic mass is 16.5. The van der Waals surface area contributed by atoms with Gasteiger partial charge in [-0.2, -0.15) is 0 Å². The van der Waals surface area contributed by atoms with Gasteiger partial charge in [0.2, 0.25) is 0 Å². The molecule has 1 aromatic carbocycles. The van der Waals surface area contributed by atoms with Gasteiger partial charge in [0.1, 0.15) is 5.75 Å². The van der Waals surface area contributed by atoms with E-state index in [0.717, 1.165) is 43.4 Å². The van der Waals surface area contributed by atoms with Crippen molar-refractivity contribution in [3.8, 4) is 5.75 Å². The molecular formula is C14H20N2O2. The summed E-state index contributed by atoms with van der Waals surface area (Å²) in [5, 5.41) is 0. The molecule has 2 saturated heterocycles. The van der Waals surface area contributed by atoms with E-state index in [1.54, 1.807) is 7.11 Å². The maximum atomic E-state index is 6.08. The van der Waals surface area contributed by atoms with E-state index in [9.17, 15) is 0 Å². The van der Waals surface area contributed by atoms with E-state index in [2.05, 4.69) is 11.0 Å². The first kappa shape index (κ1) is 11.7. The zero-order valence-corrected chi connectivity index (χ0v) is 10.8. The minimum Gasteiger partial charge on any atom is -0.497 e. The lowest BCUT2D eigenvalue weighted by Crippen LogP contribution is -2.58. The largest absolute Gasteiger partial charge is 0.497 e. The second-order valence-electron chi connectivity index (χ2n) is 5.39. The standard InChI is InChI=1S/C14H20N2O2/c1-17-11-2-3-13(12(15)8-11)16-9-14(10-16)4-6-18-7-5-14/h2-3,8H,4-7,9-10,15H2,1H3. The fraction of sp³-hybridized carbons (Fsp3) is 0.571. The SMILES string of the molecule is COc1ccc(N2CC3(CCOCC3)C2)c(N)c1. The number of ether oxygens (including phenoxy) is 2. The predicted octanol–water partition coefficient (Wildman–Crippen LogP) is 1.89. The molecule has 1 aromatic rings. The maximum Gasteiger partial charge on any atom is 0.121 e. The first-order valence-corrected chi connectivity index (χ1v) is 6.49. The van der Waals surface area contributed by atoms with Crippen molar-refractivity contribution in [3.05, 3.63) is 18.2 Å². The van der Waals surface area contributed by atoms with Gasteiger partial charge in [-0.3, -0.25) is 0 Å². The Hall–Kier alpha value is -1.42. The Morgan fingerprint density at radius 1 is 1.28 bits per heavy atom. The van der Waals surface area contributed by atoms with Gasteiger partial charge in [-0.05, 0) is 25.0 Å². The summed E-state index contributed by atoms with van der Waals surface area (Å²) in [6.07, 6.45) is 2.36. The lowest BCUT2D eigenvalue weighted by molar-refractivity contribution is -0.000143. The molecule has 3 rings (SSSR count). The van der Waals surface area contributed by atoms with Crippen LogP contribution in [-0.4, -0.2) is 33.4 Å². The monoisotopic (exact) mass is 248 g/mol. The van der Waals surface area contributed by atoms with Crippen molar-refractivity contribution in [3.63, 3.8) is 0 Å². The summed E-state index contributed by atoms with van der Waals surface area (Å²) in [6, 6.07) is 5.92. The molecule has 2 heterocycles. The van der Waals surface area contributed by atoms with Gasteiger partial charge in [-0.1, -0.05) is 0 Å². The van der Waals surface area contributed by atoms with Crippen LogP contribution in [0.25, 0.3) is 0 Å². The van der Waals surface area contributed by atoms with Crippen LogP contribution in [-0.2, 0) is 4.74 Å². The topological polar surface area (TPSA) is 47.7 Å². The number of rotatable bonds is 2. The average Bonchev–Trinajstić information content (AvgIpc) is 2.37. The molecule has 4 heteroatoms. The molecule has 0 amide bonds. The molecule has 0 aromatic heterocycles. The predicted molar refractivity (Wildman–Crippen MR) is 72.1 cm³/mol. The fourth-order valence-electron chi connectivity index (χ4n) is 3.00. The normalized spacial score (nSPS) is 21.7. The van der Waals surface area contributed by atoms with Crippen molar-refractivity contribution in [2.75, 3.05) is 44.0 Å². The number of nitrogen functional groups attached to an aromatic ring is 1. The van der Waals surface area contributed by atoms with E-state index in [4.69, 9.17) is 15.2 Å². The molecule has 18 heavy (non-hydrogen) atoms. The first-order chi connectivity index (χ1) is 8.72. The number of nitrogens with two attached hydrogens (primary N) is 1. The van der Waals surface area contributed by atoms with E-state index in [0.29, 0.717) is 5.41 Å². The Labute approximate surface area is 108 Å². The van der Waals surface area contributed by atoms with Gasteiger partial charge in [0.15, 0.2) is 0 Å². The third kappa shape index (κ3) is 1.90. The van der Waals surface area contributed by atoms with E-state index in [1.165, 1.54) is 12.8 Å². The highest BCUT2D eigenvalue weighted by Gasteiger charge is 2.44. The average molecular weight is 248 g/mol. The van der Waals surface area contributed by atoms with E-state index in [1.807, 2.05) is 12.1 Å². The third-order valence-corrected chi connectivity index (χ3v) is 4.18. The molecule has 2 aliphatic rings. The van der Waals surface area contributed by atoms with Crippen molar-refractivity contribution < 1.29 is 9.47 Å². The Bertz CT molecular complexity index is 433. The maximum absolute atomic E-state index is 6.08. The summed E-state index contributed by atoms with van der Waals surface area (Å²) in [4.78, 5) is 2.36. The summed E-state index contributed by atoms with van der Waals surface area (Å²) in [5.41, 5.74) is 8.49. The molecule has 0 bridgehead atoms. The number of methoxy groups -OCH3 is 1. The lowest BCUT2D eigenvalue weighted by atomic mass is 9.73. The Balaban J connectivity index is 1.70. The molecule has 0 unspecified atom stereocenters. The van der Waals surface area contributed by atoms with Gasteiger partial charge in [0, 0.05) is 37.8 Å². The fourth-order valence-corrected chi connectivity index (χ4v) is 3.00. The van der Waals surface area contributed by atoms with Crippen LogP contribution < -0.4 is 15.4 Å². The molecule has 0 atom stereocenters. The van der Waals surface area contributed by atoms with Crippen LogP contribution in [0.5, 0.6) is 5.75 Å². The molecule has 0 saturated carbocycles. The number of hydrogen-bond donors (Lipinski definition) is 1. The molecular weight excluding hydrogens is 228 g/mol. The number of benzene rings is 1. The van der Waals surface area contributed by atoms with Gasteiger partial charge in [0.25, 0.3) is 0 Å². The van der Waals surface area contributed by atoms with Gasteiger partial charge >= 0.3 is 0 Å². The summed E-state index contributed by atoms with van der Waals surface area (Å²) >= 11 is 0. The van der Waals surface area contributed by atoms with Crippen LogP contribution in [0.2, 0.25) is 0 Å². The van der Waals surface area contributed by atoms with Crippen molar-refractivity contribution >= 4 is 11.4 Å². The quantitative estimate of drug-likeness (QED) is 0.812. The molecule has 1 spiro atoms. The van der Waals surface area contributed by atoms with Crippen LogP contribution in [0, 0.1) is 5.41 Å². The molecule has 2 fully saturated rings. The van der Waals surface area contributed by atoms with Crippen molar-refractivity contribution in [2.24, 2.45) is 5.41 Å². The minimum absolute atomic E-state index is 0.477. The Kier molecular flexibility index (Phi) is 2.82. The Morgan fingerprint density at radius 3 is 2.61 bits per heavy atom. The van der Waals surface area contributed by atoms with E-state index < -0.39 is 0 Å². The van der Waals surface area contributed by atoms with Crippen molar-refractivity contribution in [1.29, 1.82) is 0 Å². The van der Waals surface area contributed by atoms with Crippen LogP contribution in [0.15, 0.2) is 18.2 Å². The number of hydrogen-bond acceptors (Lipinski definition) is 4. The molecule has 4 nitrogen and oxygen atoms in total. The van der Waals surface area contributed by atoms with Crippen LogP contribution in [0.4, 0.5) is 11.4 Å². The molecule has 0 radical (unpaired) electrons. The van der Waals surface area contributed by atoms with E-state index in [-0.39, 0.29) is 0 Å². The summed E-state index contributed by atoms with van der Waals surface area (Å²) in [7, 11) is 1.66. The van der Waals surface area contributed by atoms with Gasteiger partial charge in [-0.25, -0.2) is 0 Å². The highest BCUT2D eigenvalue weighted by Crippen LogP contribution is 2.43. The zero-order valence-electron chi connectivity index (χ0n) is 10.8. The summed E-state index contributed by atoms with van der Waals surface area (Å²) in [5.74, 6) is 0.817. The third-order valence-electron chi connectivity index (χ3n) is 4.18. The Morgan fingerprint density at radius 2 is 2.00 bits per heavy atom. The first-order valence-electron chi connectivity index (χ1n) is 6.49. The van der Waals surface area contributed by atoms with Gasteiger partial charge in [-0.15, -0.1) is 0 Å². The van der Waals surface area contributed by atoms with Crippen LogP contribution in [0.1, 0.15) is 12.8 Å². The van der Waals surface area contributed by atoms with Crippen molar-refractivity contribution in [1.82, 2.24) is 0 Å². The zero-order chi connectivity index (χ0) is 12.6. The van der Waals surface area contributed by atoms with Crippen LogP contribution in [0.3, 0.4) is 0 Å². The van der Waals surface area contributed by atoms with Crippen molar-refractivity contribution in [2.45, 2.75) is 12.8 Å². The molecule has 98 valence electrons. The lowest BCUT2D eigenvalue weighted by Gasteiger charge is -2.53. The smallest absolute Gasteiger partial charge is 0.121 e. The van der Waals surface area contributed by atoms with Gasteiger partial charge < -0.3 is 20.1 Å². The molecule has 2 N–H and O–H groups in total. The van der Waals surface area contributed by atoms with E-state index >= 15 is 0 Å². The summed E-state index contributed by atoms with van der Waals surface area (Å²) in [6.45, 7) is 4.03. The van der Waals surface area contributed by atoms with Crippen LogP contribution >= 0.6 is 0 Å². The second-order valence-corrected chi connectivity index (χ2v) is 5.39. The molecule has 0 aliphatic carbocycles. The van der Waals surface area contributed by atoms with Gasteiger partial charge in [0.05, 0.1) is 18.5 Å². The number of anilines is 2. The minimum atomic E-state index is 0.477. The second kappa shape index (κ2) is 4.35. The molecule has 2 aliphatic heterocycles. The number of nitrogens with zero attached hydrogens (tertiary/aromatic N) is 1. The summed E-state index contributed by atoms with van der Waals surface area (Å²) < 4.78 is 10.6. The highest BCUT2D eigenvalue weighted by molar-refractivity contribution is 5.70.